The first kappa shape index (κ1) is 15.4. The van der Waals surface area contributed by atoms with Crippen molar-refractivity contribution in [2.45, 2.75) is 33.2 Å². The van der Waals surface area contributed by atoms with Gasteiger partial charge in [0.1, 0.15) is 5.76 Å². The van der Waals surface area contributed by atoms with Crippen LogP contribution < -0.4 is 15.2 Å². The molecule has 0 amide bonds. The van der Waals surface area contributed by atoms with Gasteiger partial charge >= 0.3 is 0 Å². The van der Waals surface area contributed by atoms with Gasteiger partial charge in [-0.1, -0.05) is 19.9 Å². The molecule has 1 aromatic carbocycles. The van der Waals surface area contributed by atoms with Crippen LogP contribution in [0.15, 0.2) is 34.9 Å². The van der Waals surface area contributed by atoms with Gasteiger partial charge in [0, 0.05) is 5.56 Å². The monoisotopic (exact) mass is 289 g/mol. The van der Waals surface area contributed by atoms with E-state index in [4.69, 9.17) is 19.6 Å². The smallest absolute Gasteiger partial charge is 0.161 e. The molecule has 2 aromatic rings. The predicted octanol–water partition coefficient (Wildman–Crippen LogP) is 3.98. The van der Waals surface area contributed by atoms with Gasteiger partial charge in [-0.25, -0.2) is 0 Å². The largest absolute Gasteiger partial charge is 0.490 e. The molecular weight excluding hydrogens is 266 g/mol. The van der Waals surface area contributed by atoms with Gasteiger partial charge in [-0.15, -0.1) is 0 Å². The summed E-state index contributed by atoms with van der Waals surface area (Å²) in [5.41, 5.74) is 7.72. The van der Waals surface area contributed by atoms with Crippen LogP contribution in [0, 0.1) is 0 Å². The zero-order chi connectivity index (χ0) is 15.1. The number of benzene rings is 1. The highest BCUT2D eigenvalue weighted by Gasteiger charge is 2.12. The Kier molecular flexibility index (Phi) is 5.69. The highest BCUT2D eigenvalue weighted by atomic mass is 16.5. The molecule has 4 heteroatoms. The van der Waals surface area contributed by atoms with Gasteiger partial charge in [-0.05, 0) is 36.6 Å². The van der Waals surface area contributed by atoms with Crippen molar-refractivity contribution in [2.75, 3.05) is 13.2 Å². The Hall–Kier alpha value is -1.94. The molecule has 0 spiro atoms. The van der Waals surface area contributed by atoms with Gasteiger partial charge in [0.05, 0.1) is 26.0 Å². The molecule has 0 radical (unpaired) electrons. The van der Waals surface area contributed by atoms with Gasteiger partial charge in [0.15, 0.2) is 11.5 Å². The Morgan fingerprint density at radius 3 is 2.38 bits per heavy atom. The molecule has 1 aromatic heterocycles. The molecule has 1 heterocycles. The molecule has 2 N–H and O–H groups in total. The third-order valence-corrected chi connectivity index (χ3v) is 3.11. The van der Waals surface area contributed by atoms with Gasteiger partial charge in [0.25, 0.3) is 0 Å². The minimum Gasteiger partial charge on any atom is -0.490 e. The van der Waals surface area contributed by atoms with Crippen LogP contribution in [0.5, 0.6) is 11.5 Å². The summed E-state index contributed by atoms with van der Waals surface area (Å²) in [4.78, 5) is 0. The summed E-state index contributed by atoms with van der Waals surface area (Å²) in [5.74, 6) is 2.33. The topological polar surface area (TPSA) is 57.6 Å². The van der Waals surface area contributed by atoms with Crippen LogP contribution in [0.2, 0.25) is 0 Å². The molecule has 21 heavy (non-hydrogen) atoms. The van der Waals surface area contributed by atoms with Gasteiger partial charge in [-0.3, -0.25) is 0 Å². The third kappa shape index (κ3) is 3.79. The predicted molar refractivity (Wildman–Crippen MR) is 83.6 cm³/mol. The summed E-state index contributed by atoms with van der Waals surface area (Å²) in [6.45, 7) is 5.89. The van der Waals surface area contributed by atoms with Gasteiger partial charge in [-0.2, -0.15) is 0 Å². The van der Waals surface area contributed by atoms with Crippen molar-refractivity contribution in [2.24, 2.45) is 5.73 Å². The molecular formula is C17H23NO3. The highest BCUT2D eigenvalue weighted by Crippen LogP contribution is 2.34. The molecule has 0 aliphatic carbocycles. The summed E-state index contributed by atoms with van der Waals surface area (Å²) < 4.78 is 16.9. The number of rotatable bonds is 8. The van der Waals surface area contributed by atoms with Crippen molar-refractivity contribution in [3.05, 3.63) is 36.3 Å². The lowest BCUT2D eigenvalue weighted by Crippen LogP contribution is -2.02. The van der Waals surface area contributed by atoms with Crippen LogP contribution in [-0.2, 0) is 6.54 Å². The van der Waals surface area contributed by atoms with Crippen molar-refractivity contribution >= 4 is 0 Å². The second-order valence-electron chi connectivity index (χ2n) is 4.82. The Morgan fingerprint density at radius 2 is 1.71 bits per heavy atom. The zero-order valence-electron chi connectivity index (χ0n) is 12.7. The summed E-state index contributed by atoms with van der Waals surface area (Å²) in [7, 11) is 0. The fraction of sp³-hybridized carbons (Fsp3) is 0.412. The Labute approximate surface area is 125 Å². The van der Waals surface area contributed by atoms with E-state index in [1.54, 1.807) is 6.26 Å². The highest BCUT2D eigenvalue weighted by molar-refractivity contribution is 5.68. The van der Waals surface area contributed by atoms with Gasteiger partial charge < -0.3 is 19.6 Å². The molecule has 0 aliphatic heterocycles. The first-order valence-electron chi connectivity index (χ1n) is 7.46. The van der Waals surface area contributed by atoms with Crippen LogP contribution in [-0.4, -0.2) is 13.2 Å². The zero-order valence-corrected chi connectivity index (χ0v) is 12.7. The summed E-state index contributed by atoms with van der Waals surface area (Å²) >= 11 is 0. The lowest BCUT2D eigenvalue weighted by atomic mass is 10.1. The summed E-state index contributed by atoms with van der Waals surface area (Å²) in [6, 6.07) is 7.87. The molecule has 114 valence electrons. The minimum absolute atomic E-state index is 0.377. The summed E-state index contributed by atoms with van der Waals surface area (Å²) in [5, 5.41) is 0. The van der Waals surface area contributed by atoms with E-state index in [9.17, 15) is 0 Å². The van der Waals surface area contributed by atoms with E-state index in [0.29, 0.717) is 19.8 Å². The molecule has 0 saturated heterocycles. The van der Waals surface area contributed by atoms with Crippen molar-refractivity contribution in [1.29, 1.82) is 0 Å². The normalized spacial score (nSPS) is 10.6. The third-order valence-electron chi connectivity index (χ3n) is 3.11. The fourth-order valence-electron chi connectivity index (χ4n) is 2.09. The van der Waals surface area contributed by atoms with Crippen LogP contribution in [0.25, 0.3) is 11.1 Å². The second kappa shape index (κ2) is 7.74. The maximum atomic E-state index is 5.81. The SMILES string of the molecule is CCCOc1ccc(-c2ccoc2CN)cc1OCCC. The van der Waals surface area contributed by atoms with E-state index in [1.165, 1.54) is 0 Å². The molecule has 4 nitrogen and oxygen atoms in total. The van der Waals surface area contributed by atoms with Crippen molar-refractivity contribution in [3.63, 3.8) is 0 Å². The molecule has 2 rings (SSSR count). The Bertz CT molecular complexity index is 563. The van der Waals surface area contributed by atoms with E-state index in [1.807, 2.05) is 24.3 Å². The first-order chi connectivity index (χ1) is 10.3. The number of hydrogen-bond acceptors (Lipinski definition) is 4. The number of hydrogen-bond donors (Lipinski definition) is 1. The van der Waals surface area contributed by atoms with Gasteiger partial charge in [0.2, 0.25) is 0 Å². The van der Waals surface area contributed by atoms with E-state index in [0.717, 1.165) is 41.2 Å². The number of furan rings is 1. The van der Waals surface area contributed by atoms with Crippen LogP contribution in [0.1, 0.15) is 32.4 Å². The molecule has 0 fully saturated rings. The van der Waals surface area contributed by atoms with E-state index in [-0.39, 0.29) is 0 Å². The van der Waals surface area contributed by atoms with Crippen molar-refractivity contribution in [1.82, 2.24) is 0 Å². The van der Waals surface area contributed by atoms with Crippen LogP contribution >= 0.6 is 0 Å². The molecule has 0 aliphatic rings. The lowest BCUT2D eigenvalue weighted by Gasteiger charge is -2.13. The standard InChI is InChI=1S/C17H23NO3/c1-3-8-19-15-6-5-13(11-16(15)20-9-4-2)14-7-10-21-17(14)12-18/h5-7,10-11H,3-4,8-9,12,18H2,1-2H3. The van der Waals surface area contributed by atoms with Crippen LogP contribution in [0.3, 0.4) is 0 Å². The van der Waals surface area contributed by atoms with E-state index in [2.05, 4.69) is 13.8 Å². The van der Waals surface area contributed by atoms with Crippen molar-refractivity contribution < 1.29 is 13.9 Å². The van der Waals surface area contributed by atoms with E-state index < -0.39 is 0 Å². The number of ether oxygens (including phenoxy) is 2. The maximum absolute atomic E-state index is 5.81. The Balaban J connectivity index is 2.31. The average molecular weight is 289 g/mol. The molecule has 0 saturated carbocycles. The maximum Gasteiger partial charge on any atom is 0.161 e. The quantitative estimate of drug-likeness (QED) is 0.798. The first-order valence-corrected chi connectivity index (χ1v) is 7.46. The summed E-state index contributed by atoms with van der Waals surface area (Å²) in [6.07, 6.45) is 3.58. The molecule has 0 atom stereocenters. The average Bonchev–Trinajstić information content (AvgIpc) is 2.99. The minimum atomic E-state index is 0.377. The second-order valence-corrected chi connectivity index (χ2v) is 4.82. The Morgan fingerprint density at radius 1 is 1.00 bits per heavy atom. The number of nitrogens with two attached hydrogens (primary N) is 1. The van der Waals surface area contributed by atoms with E-state index >= 15 is 0 Å². The molecule has 0 unspecified atom stereocenters. The molecule has 0 bridgehead atoms. The van der Waals surface area contributed by atoms with Crippen molar-refractivity contribution in [3.8, 4) is 22.6 Å². The lowest BCUT2D eigenvalue weighted by molar-refractivity contribution is 0.268. The fourth-order valence-corrected chi connectivity index (χ4v) is 2.09. The van der Waals surface area contributed by atoms with Crippen LogP contribution in [0.4, 0.5) is 0 Å².